The van der Waals surface area contributed by atoms with Crippen LogP contribution in [0.2, 0.25) is 0 Å². The van der Waals surface area contributed by atoms with Crippen molar-refractivity contribution in [1.82, 2.24) is 9.55 Å². The van der Waals surface area contributed by atoms with E-state index in [1.807, 2.05) is 6.92 Å². The molecule has 2 heterocycles. The third kappa shape index (κ3) is 3.24. The summed E-state index contributed by atoms with van der Waals surface area (Å²) in [6, 6.07) is 8.85. The lowest BCUT2D eigenvalue weighted by atomic mass is 10.0. The highest BCUT2D eigenvalue weighted by Gasteiger charge is 2.20. The zero-order valence-corrected chi connectivity index (χ0v) is 15.3. The van der Waals surface area contributed by atoms with Crippen molar-refractivity contribution < 1.29 is 13.5 Å². The molecule has 144 valence electrons. The normalized spacial score (nSPS) is 12.5. The van der Waals surface area contributed by atoms with Gasteiger partial charge in [0.05, 0.1) is 12.2 Å². The lowest BCUT2D eigenvalue weighted by Crippen LogP contribution is -2.25. The van der Waals surface area contributed by atoms with E-state index in [1.165, 1.54) is 29.0 Å². The van der Waals surface area contributed by atoms with E-state index >= 15 is 0 Å². The predicted octanol–water partition coefficient (Wildman–Crippen LogP) is 3.76. The van der Waals surface area contributed by atoms with Gasteiger partial charge in [-0.15, -0.1) is 0 Å². The molecular formula is C21H19F2N3O2. The van der Waals surface area contributed by atoms with Gasteiger partial charge >= 0.3 is 0 Å². The Hall–Kier alpha value is -3.22. The van der Waals surface area contributed by atoms with Crippen LogP contribution in [-0.2, 0) is 19.5 Å². The second-order valence-electron chi connectivity index (χ2n) is 6.51. The lowest BCUT2D eigenvalue weighted by Gasteiger charge is -2.15. The molecule has 7 heteroatoms. The van der Waals surface area contributed by atoms with Crippen molar-refractivity contribution in [3.8, 4) is 16.9 Å². The Morgan fingerprint density at radius 3 is 2.89 bits per heavy atom. The Morgan fingerprint density at radius 1 is 1.25 bits per heavy atom. The minimum Gasteiger partial charge on any atom is -0.493 e. The van der Waals surface area contributed by atoms with Crippen LogP contribution in [0.25, 0.3) is 11.1 Å². The maximum absolute atomic E-state index is 14.3. The summed E-state index contributed by atoms with van der Waals surface area (Å²) < 4.78 is 34.8. The quantitative estimate of drug-likeness (QED) is 0.729. The van der Waals surface area contributed by atoms with E-state index in [1.54, 1.807) is 18.2 Å². The van der Waals surface area contributed by atoms with Crippen molar-refractivity contribution >= 4 is 5.95 Å². The summed E-state index contributed by atoms with van der Waals surface area (Å²) >= 11 is 0. The molecule has 1 aromatic heterocycles. The number of anilines is 1. The number of hydrogen-bond acceptors (Lipinski definition) is 4. The fourth-order valence-electron chi connectivity index (χ4n) is 3.45. The molecule has 1 N–H and O–H groups in total. The van der Waals surface area contributed by atoms with E-state index in [2.05, 4.69) is 10.3 Å². The molecule has 0 aliphatic carbocycles. The average Bonchev–Trinajstić information content (AvgIpc) is 3.16. The van der Waals surface area contributed by atoms with Gasteiger partial charge in [-0.25, -0.2) is 13.8 Å². The van der Waals surface area contributed by atoms with Crippen LogP contribution in [0.15, 0.2) is 47.4 Å². The highest BCUT2D eigenvalue weighted by Crippen LogP contribution is 2.30. The maximum atomic E-state index is 14.3. The van der Waals surface area contributed by atoms with E-state index < -0.39 is 5.82 Å². The molecule has 0 radical (unpaired) electrons. The minimum atomic E-state index is -0.419. The lowest BCUT2D eigenvalue weighted by molar-refractivity contribution is 0.356. The topological polar surface area (TPSA) is 56.1 Å². The van der Waals surface area contributed by atoms with Crippen LogP contribution in [0.5, 0.6) is 5.75 Å². The molecule has 5 nitrogen and oxygen atoms in total. The van der Waals surface area contributed by atoms with Crippen molar-refractivity contribution in [2.45, 2.75) is 26.4 Å². The Bertz CT molecular complexity index is 1100. The van der Waals surface area contributed by atoms with Crippen molar-refractivity contribution in [3.05, 3.63) is 75.7 Å². The number of aromatic nitrogens is 2. The first-order chi connectivity index (χ1) is 13.6. The van der Waals surface area contributed by atoms with Crippen LogP contribution >= 0.6 is 0 Å². The largest absolute Gasteiger partial charge is 0.493 e. The first kappa shape index (κ1) is 18.2. The second-order valence-corrected chi connectivity index (χ2v) is 6.51. The number of halogens is 2. The van der Waals surface area contributed by atoms with Gasteiger partial charge in [0.2, 0.25) is 5.95 Å². The Kier molecular flexibility index (Phi) is 4.81. The van der Waals surface area contributed by atoms with E-state index in [9.17, 15) is 13.6 Å². The number of rotatable bonds is 5. The molecule has 0 amide bonds. The van der Waals surface area contributed by atoms with E-state index in [4.69, 9.17) is 4.74 Å². The van der Waals surface area contributed by atoms with Crippen LogP contribution in [0.1, 0.15) is 18.1 Å². The molecule has 28 heavy (non-hydrogen) atoms. The molecule has 0 bridgehead atoms. The zero-order valence-electron chi connectivity index (χ0n) is 15.3. The van der Waals surface area contributed by atoms with Crippen LogP contribution in [0, 0.1) is 11.6 Å². The SMILES string of the molecule is CCn1c(NCc2c(F)ccc3c2CCO3)ncc(-c2cccc(F)c2)c1=O. The Labute approximate surface area is 160 Å². The molecule has 0 atom stereocenters. The van der Waals surface area contributed by atoms with Crippen molar-refractivity contribution in [3.63, 3.8) is 0 Å². The number of hydrogen-bond donors (Lipinski definition) is 1. The molecule has 3 aromatic rings. The standard InChI is InChI=1S/C21H19F2N3O2/c1-2-26-20(27)16(13-4-3-5-14(22)10-13)11-24-21(26)25-12-17-15-8-9-28-19(15)7-6-18(17)23/h3-7,10-11H,2,8-9,12H2,1H3,(H,24,25). The molecule has 0 fully saturated rings. The molecule has 1 aliphatic rings. The number of fused-ring (bicyclic) bond motifs is 1. The van der Waals surface area contributed by atoms with Gasteiger partial charge in [-0.2, -0.15) is 0 Å². The van der Waals surface area contributed by atoms with Gasteiger partial charge in [0.15, 0.2) is 0 Å². The Morgan fingerprint density at radius 2 is 2.11 bits per heavy atom. The molecule has 2 aromatic carbocycles. The summed E-state index contributed by atoms with van der Waals surface area (Å²) in [5.74, 6) is 0.292. The summed E-state index contributed by atoms with van der Waals surface area (Å²) in [5.41, 5.74) is 1.85. The van der Waals surface area contributed by atoms with Crippen LogP contribution in [0.4, 0.5) is 14.7 Å². The molecule has 1 aliphatic heterocycles. The number of nitrogens with one attached hydrogen (secondary N) is 1. The summed E-state index contributed by atoms with van der Waals surface area (Å²) in [5, 5.41) is 3.06. The predicted molar refractivity (Wildman–Crippen MR) is 102 cm³/mol. The van der Waals surface area contributed by atoms with E-state index in [0.29, 0.717) is 48.0 Å². The molecule has 0 saturated heterocycles. The summed E-state index contributed by atoms with van der Waals surface area (Å²) in [6.45, 7) is 2.91. The summed E-state index contributed by atoms with van der Waals surface area (Å²) in [6.07, 6.45) is 2.07. The van der Waals surface area contributed by atoms with E-state index in [0.717, 1.165) is 5.56 Å². The van der Waals surface area contributed by atoms with Gasteiger partial charge in [0.1, 0.15) is 17.4 Å². The third-order valence-electron chi connectivity index (χ3n) is 4.86. The van der Waals surface area contributed by atoms with Gasteiger partial charge in [-0.05, 0) is 36.8 Å². The van der Waals surface area contributed by atoms with Crippen LogP contribution in [0.3, 0.4) is 0 Å². The number of ether oxygens (including phenoxy) is 1. The first-order valence-electron chi connectivity index (χ1n) is 9.11. The molecule has 4 rings (SSSR count). The van der Waals surface area contributed by atoms with Gasteiger partial charge in [0, 0.05) is 36.8 Å². The smallest absolute Gasteiger partial charge is 0.262 e. The molecule has 0 spiro atoms. The average molecular weight is 383 g/mol. The number of nitrogens with zero attached hydrogens (tertiary/aromatic N) is 2. The monoisotopic (exact) mass is 383 g/mol. The van der Waals surface area contributed by atoms with E-state index in [-0.39, 0.29) is 17.9 Å². The summed E-state index contributed by atoms with van der Waals surface area (Å²) in [7, 11) is 0. The van der Waals surface area contributed by atoms with Gasteiger partial charge in [0.25, 0.3) is 5.56 Å². The first-order valence-corrected chi connectivity index (χ1v) is 9.11. The third-order valence-corrected chi connectivity index (χ3v) is 4.86. The minimum absolute atomic E-state index is 0.185. The van der Waals surface area contributed by atoms with Crippen LogP contribution in [-0.4, -0.2) is 16.2 Å². The summed E-state index contributed by atoms with van der Waals surface area (Å²) in [4.78, 5) is 17.2. The maximum Gasteiger partial charge on any atom is 0.262 e. The highest BCUT2D eigenvalue weighted by atomic mass is 19.1. The molecule has 0 saturated carbocycles. The fraction of sp³-hybridized carbons (Fsp3) is 0.238. The van der Waals surface area contributed by atoms with Crippen molar-refractivity contribution in [2.24, 2.45) is 0 Å². The van der Waals surface area contributed by atoms with Crippen LogP contribution < -0.4 is 15.6 Å². The fourth-order valence-corrected chi connectivity index (χ4v) is 3.45. The second kappa shape index (κ2) is 7.42. The molecule has 0 unspecified atom stereocenters. The van der Waals surface area contributed by atoms with Gasteiger partial charge < -0.3 is 10.1 Å². The van der Waals surface area contributed by atoms with Crippen molar-refractivity contribution in [1.29, 1.82) is 0 Å². The van der Waals surface area contributed by atoms with Gasteiger partial charge in [-0.3, -0.25) is 9.36 Å². The number of benzene rings is 2. The van der Waals surface area contributed by atoms with Gasteiger partial charge in [-0.1, -0.05) is 12.1 Å². The molecular weight excluding hydrogens is 364 g/mol. The zero-order chi connectivity index (χ0) is 19.7. The Balaban J connectivity index is 1.66. The highest BCUT2D eigenvalue weighted by molar-refractivity contribution is 5.62. The van der Waals surface area contributed by atoms with Crippen molar-refractivity contribution in [2.75, 3.05) is 11.9 Å².